The van der Waals surface area contributed by atoms with E-state index < -0.39 is 12.1 Å². The van der Waals surface area contributed by atoms with Gasteiger partial charge in [0.15, 0.2) is 5.82 Å². The first-order valence-corrected chi connectivity index (χ1v) is 3.99. The molecule has 72 valence electrons. The minimum atomic E-state index is -2.69. The van der Waals surface area contributed by atoms with Crippen LogP contribution in [0, 0.1) is 0 Å². The summed E-state index contributed by atoms with van der Waals surface area (Å²) in [5.41, 5.74) is 5.83. The van der Waals surface area contributed by atoms with Gasteiger partial charge < -0.3 is 5.73 Å². The fraction of sp³-hybridized carbons (Fsp3) is 0.111. The molecule has 0 aliphatic rings. The van der Waals surface area contributed by atoms with Crippen LogP contribution in [0.4, 0.5) is 14.6 Å². The highest BCUT2D eigenvalue weighted by atomic mass is 19.3. The fourth-order valence-electron chi connectivity index (χ4n) is 1.19. The van der Waals surface area contributed by atoms with Gasteiger partial charge in [0.2, 0.25) is 0 Å². The lowest BCUT2D eigenvalue weighted by Crippen LogP contribution is -2.02. The topological polar surface area (TPSA) is 51.8 Å². The number of nitrogens with two attached hydrogens (primary N) is 1. The van der Waals surface area contributed by atoms with Crippen LogP contribution < -0.4 is 5.73 Å². The van der Waals surface area contributed by atoms with Gasteiger partial charge in [0.05, 0.1) is 11.0 Å². The Morgan fingerprint density at radius 1 is 1.07 bits per heavy atom. The van der Waals surface area contributed by atoms with Gasteiger partial charge in [-0.1, -0.05) is 12.1 Å². The number of nitrogens with zero attached hydrogens (tertiary/aromatic N) is 2. The summed E-state index contributed by atoms with van der Waals surface area (Å²) in [6.07, 6.45) is -2.69. The molecule has 0 saturated heterocycles. The van der Waals surface area contributed by atoms with E-state index in [0.29, 0.717) is 11.0 Å². The number of para-hydroxylation sites is 2. The SMILES string of the molecule is Nc1nc2ccccc2nc1C(F)F. The largest absolute Gasteiger partial charge is 0.382 e. The third kappa shape index (κ3) is 1.37. The van der Waals surface area contributed by atoms with Gasteiger partial charge in [0, 0.05) is 0 Å². The first-order valence-electron chi connectivity index (χ1n) is 3.99. The molecule has 2 N–H and O–H groups in total. The van der Waals surface area contributed by atoms with E-state index >= 15 is 0 Å². The van der Waals surface area contributed by atoms with E-state index in [0.717, 1.165) is 0 Å². The van der Waals surface area contributed by atoms with Crippen LogP contribution >= 0.6 is 0 Å². The summed E-state index contributed by atoms with van der Waals surface area (Å²) in [7, 11) is 0. The Hall–Kier alpha value is -1.78. The van der Waals surface area contributed by atoms with Crippen LogP contribution in [0.25, 0.3) is 11.0 Å². The molecule has 0 aliphatic carbocycles. The number of fused-ring (bicyclic) bond motifs is 1. The van der Waals surface area contributed by atoms with Gasteiger partial charge in [-0.05, 0) is 12.1 Å². The van der Waals surface area contributed by atoms with Crippen molar-refractivity contribution in [2.24, 2.45) is 0 Å². The van der Waals surface area contributed by atoms with Crippen molar-refractivity contribution in [1.29, 1.82) is 0 Å². The molecule has 0 fully saturated rings. The highest BCUT2D eigenvalue weighted by Gasteiger charge is 2.15. The zero-order valence-electron chi connectivity index (χ0n) is 7.11. The standard InChI is InChI=1S/C9H7F2N3/c10-8(11)7-9(12)14-6-4-2-1-3-5(6)13-7/h1-4,8H,(H2,12,14). The average molecular weight is 195 g/mol. The second kappa shape index (κ2) is 3.17. The molecule has 0 aliphatic heterocycles. The van der Waals surface area contributed by atoms with Gasteiger partial charge in [-0.25, -0.2) is 18.7 Å². The lowest BCUT2D eigenvalue weighted by Gasteiger charge is -2.04. The predicted molar refractivity (Wildman–Crippen MR) is 48.9 cm³/mol. The van der Waals surface area contributed by atoms with E-state index in [4.69, 9.17) is 5.73 Å². The zero-order chi connectivity index (χ0) is 10.1. The highest BCUT2D eigenvalue weighted by Crippen LogP contribution is 2.23. The Balaban J connectivity index is 2.71. The minimum absolute atomic E-state index is 0.210. The third-order valence-electron chi connectivity index (χ3n) is 1.83. The van der Waals surface area contributed by atoms with E-state index in [9.17, 15) is 8.78 Å². The number of anilines is 1. The maximum Gasteiger partial charge on any atom is 0.284 e. The molecule has 0 spiro atoms. The summed E-state index contributed by atoms with van der Waals surface area (Å²) < 4.78 is 24.7. The normalized spacial score (nSPS) is 11.1. The molecule has 3 nitrogen and oxygen atoms in total. The first-order chi connectivity index (χ1) is 6.68. The maximum absolute atomic E-state index is 12.4. The maximum atomic E-state index is 12.4. The summed E-state index contributed by atoms with van der Waals surface area (Å²) >= 11 is 0. The molecule has 5 heteroatoms. The van der Waals surface area contributed by atoms with E-state index in [1.165, 1.54) is 0 Å². The summed E-state index contributed by atoms with van der Waals surface area (Å²) in [5.74, 6) is -0.210. The summed E-state index contributed by atoms with van der Waals surface area (Å²) in [6.45, 7) is 0. The Morgan fingerprint density at radius 3 is 2.21 bits per heavy atom. The monoisotopic (exact) mass is 195 g/mol. The average Bonchev–Trinajstić information content (AvgIpc) is 2.16. The number of hydrogen-bond acceptors (Lipinski definition) is 3. The second-order valence-corrected chi connectivity index (χ2v) is 2.78. The van der Waals surface area contributed by atoms with Gasteiger partial charge >= 0.3 is 0 Å². The van der Waals surface area contributed by atoms with Gasteiger partial charge in [-0.2, -0.15) is 0 Å². The Morgan fingerprint density at radius 2 is 1.64 bits per heavy atom. The summed E-state index contributed by atoms with van der Waals surface area (Å²) in [4.78, 5) is 7.57. The van der Waals surface area contributed by atoms with Crippen molar-refractivity contribution < 1.29 is 8.78 Å². The van der Waals surface area contributed by atoms with E-state index in [1.807, 2.05) is 0 Å². The molecule has 0 saturated carbocycles. The fourth-order valence-corrected chi connectivity index (χ4v) is 1.19. The van der Waals surface area contributed by atoms with Crippen molar-refractivity contribution in [2.45, 2.75) is 6.43 Å². The molecule has 1 aromatic heterocycles. The van der Waals surface area contributed by atoms with Gasteiger partial charge in [0.1, 0.15) is 5.69 Å². The zero-order valence-corrected chi connectivity index (χ0v) is 7.11. The van der Waals surface area contributed by atoms with Crippen LogP contribution in [0.3, 0.4) is 0 Å². The third-order valence-corrected chi connectivity index (χ3v) is 1.83. The van der Waals surface area contributed by atoms with Crippen molar-refractivity contribution >= 4 is 16.9 Å². The van der Waals surface area contributed by atoms with Crippen LogP contribution in [0.2, 0.25) is 0 Å². The number of nitrogen functional groups attached to an aromatic ring is 1. The van der Waals surface area contributed by atoms with Crippen LogP contribution in [0.5, 0.6) is 0 Å². The minimum Gasteiger partial charge on any atom is -0.382 e. The molecule has 1 heterocycles. The molecule has 0 bridgehead atoms. The van der Waals surface area contributed by atoms with E-state index in [1.54, 1.807) is 24.3 Å². The van der Waals surface area contributed by atoms with Crippen LogP contribution in [-0.2, 0) is 0 Å². The quantitative estimate of drug-likeness (QED) is 0.758. The number of hydrogen-bond donors (Lipinski definition) is 1. The van der Waals surface area contributed by atoms with E-state index in [-0.39, 0.29) is 5.82 Å². The van der Waals surface area contributed by atoms with Gasteiger partial charge in [-0.15, -0.1) is 0 Å². The molecule has 14 heavy (non-hydrogen) atoms. The van der Waals surface area contributed by atoms with Crippen LogP contribution in [0.15, 0.2) is 24.3 Å². The number of halogens is 2. The highest BCUT2D eigenvalue weighted by molar-refractivity contribution is 5.75. The number of benzene rings is 1. The Kier molecular flexibility index (Phi) is 1.99. The van der Waals surface area contributed by atoms with Crippen molar-refractivity contribution in [1.82, 2.24) is 9.97 Å². The molecule has 0 radical (unpaired) electrons. The van der Waals surface area contributed by atoms with Crippen molar-refractivity contribution in [3.63, 3.8) is 0 Å². The molecular weight excluding hydrogens is 188 g/mol. The van der Waals surface area contributed by atoms with Crippen molar-refractivity contribution in [3.8, 4) is 0 Å². The lowest BCUT2D eigenvalue weighted by molar-refractivity contribution is 0.147. The summed E-state index contributed by atoms with van der Waals surface area (Å²) in [5, 5.41) is 0. The molecular formula is C9H7F2N3. The molecule has 2 aromatic rings. The van der Waals surface area contributed by atoms with E-state index in [2.05, 4.69) is 9.97 Å². The number of alkyl halides is 2. The number of aromatic nitrogens is 2. The first kappa shape index (κ1) is 8.80. The Labute approximate surface area is 78.6 Å². The van der Waals surface area contributed by atoms with Crippen LogP contribution in [0.1, 0.15) is 12.1 Å². The van der Waals surface area contributed by atoms with Gasteiger partial charge in [0.25, 0.3) is 6.43 Å². The van der Waals surface area contributed by atoms with Crippen LogP contribution in [-0.4, -0.2) is 9.97 Å². The smallest absolute Gasteiger partial charge is 0.284 e. The lowest BCUT2D eigenvalue weighted by atomic mass is 10.3. The molecule has 0 unspecified atom stereocenters. The molecule has 1 aromatic carbocycles. The van der Waals surface area contributed by atoms with Gasteiger partial charge in [-0.3, -0.25) is 0 Å². The predicted octanol–water partition coefficient (Wildman–Crippen LogP) is 2.15. The number of rotatable bonds is 1. The summed E-state index contributed by atoms with van der Waals surface area (Å²) in [6, 6.07) is 6.75. The Bertz CT molecular complexity index is 471. The molecule has 0 atom stereocenters. The molecule has 2 rings (SSSR count). The molecule has 0 amide bonds. The van der Waals surface area contributed by atoms with Crippen molar-refractivity contribution in [3.05, 3.63) is 30.0 Å². The van der Waals surface area contributed by atoms with Crippen molar-refractivity contribution in [2.75, 3.05) is 5.73 Å². The second-order valence-electron chi connectivity index (χ2n) is 2.78.